The van der Waals surface area contributed by atoms with Gasteiger partial charge in [0.05, 0.1) is 5.56 Å². The van der Waals surface area contributed by atoms with Crippen molar-refractivity contribution in [3.63, 3.8) is 0 Å². The van der Waals surface area contributed by atoms with Crippen molar-refractivity contribution in [2.45, 2.75) is 13.0 Å². The molecule has 0 aliphatic rings. The van der Waals surface area contributed by atoms with E-state index in [9.17, 15) is 18.8 Å². The number of anilines is 2. The van der Waals surface area contributed by atoms with Crippen molar-refractivity contribution in [2.24, 2.45) is 0 Å². The van der Waals surface area contributed by atoms with E-state index < -0.39 is 23.8 Å². The quantitative estimate of drug-likeness (QED) is 0.364. The first-order chi connectivity index (χ1) is 14.3. The standard InChI is InChI=1S/C23H19FN2O4/c1-14(27)16-8-5-9-18(12-16)26-22(28)21(15-6-3-2-4-7-15)30-23(29)19-11-10-17(24)13-20(19)25/h2-13,21H,25H2,1H3,(H,26,28). The number of nitrogens with one attached hydrogen (secondary N) is 1. The maximum Gasteiger partial charge on any atom is 0.341 e. The first-order valence-corrected chi connectivity index (χ1v) is 9.08. The van der Waals surface area contributed by atoms with Gasteiger partial charge >= 0.3 is 5.97 Å². The minimum absolute atomic E-state index is 0.0521. The summed E-state index contributed by atoms with van der Waals surface area (Å²) in [6, 6.07) is 18.1. The van der Waals surface area contributed by atoms with Crippen LogP contribution in [0.5, 0.6) is 0 Å². The number of carbonyl (C=O) groups is 3. The van der Waals surface area contributed by atoms with Gasteiger partial charge in [0.1, 0.15) is 5.82 Å². The molecule has 152 valence electrons. The summed E-state index contributed by atoms with van der Waals surface area (Å²) in [7, 11) is 0. The molecule has 1 atom stereocenters. The van der Waals surface area contributed by atoms with Crippen LogP contribution in [0.2, 0.25) is 0 Å². The fraction of sp³-hybridized carbons (Fsp3) is 0.0870. The molecule has 0 aliphatic heterocycles. The summed E-state index contributed by atoms with van der Waals surface area (Å²) in [5.41, 5.74) is 6.81. The normalized spacial score (nSPS) is 11.4. The minimum Gasteiger partial charge on any atom is -0.444 e. The molecule has 0 spiro atoms. The number of ether oxygens (including phenoxy) is 1. The molecule has 1 amide bonds. The zero-order valence-electron chi connectivity index (χ0n) is 16.1. The number of benzene rings is 3. The Morgan fingerprint density at radius 2 is 1.70 bits per heavy atom. The molecule has 3 rings (SSSR count). The molecule has 0 radical (unpaired) electrons. The van der Waals surface area contributed by atoms with E-state index in [1.807, 2.05) is 0 Å². The second kappa shape index (κ2) is 9.00. The molecule has 3 aromatic rings. The van der Waals surface area contributed by atoms with Crippen molar-refractivity contribution < 1.29 is 23.5 Å². The van der Waals surface area contributed by atoms with Crippen molar-refractivity contribution in [3.05, 3.63) is 95.3 Å². The lowest BCUT2D eigenvalue weighted by atomic mass is 10.1. The molecule has 0 bridgehead atoms. The highest BCUT2D eigenvalue weighted by atomic mass is 19.1. The van der Waals surface area contributed by atoms with E-state index in [1.54, 1.807) is 48.5 Å². The van der Waals surface area contributed by atoms with E-state index >= 15 is 0 Å². The Kier molecular flexibility index (Phi) is 6.22. The van der Waals surface area contributed by atoms with Crippen molar-refractivity contribution in [1.82, 2.24) is 0 Å². The molecular formula is C23H19FN2O4. The van der Waals surface area contributed by atoms with Crippen molar-refractivity contribution in [2.75, 3.05) is 11.1 Å². The summed E-state index contributed by atoms with van der Waals surface area (Å²) in [5, 5.41) is 2.66. The summed E-state index contributed by atoms with van der Waals surface area (Å²) < 4.78 is 18.7. The lowest BCUT2D eigenvalue weighted by Crippen LogP contribution is -2.26. The lowest BCUT2D eigenvalue weighted by Gasteiger charge is -2.19. The van der Waals surface area contributed by atoms with Gasteiger partial charge in [-0.3, -0.25) is 9.59 Å². The molecular weight excluding hydrogens is 387 g/mol. The highest BCUT2D eigenvalue weighted by Crippen LogP contribution is 2.24. The maximum absolute atomic E-state index is 13.3. The number of carbonyl (C=O) groups excluding carboxylic acids is 3. The number of nitrogens with two attached hydrogens (primary N) is 1. The predicted molar refractivity (Wildman–Crippen MR) is 110 cm³/mol. The Labute approximate surface area is 172 Å². The van der Waals surface area contributed by atoms with Crippen LogP contribution in [0.1, 0.15) is 39.3 Å². The molecule has 0 aromatic heterocycles. The van der Waals surface area contributed by atoms with Gasteiger partial charge in [-0.2, -0.15) is 0 Å². The molecule has 0 fully saturated rings. The van der Waals surface area contributed by atoms with Crippen LogP contribution < -0.4 is 11.1 Å². The summed E-state index contributed by atoms with van der Waals surface area (Å²) in [6.45, 7) is 1.42. The van der Waals surface area contributed by atoms with Gasteiger partial charge in [-0.05, 0) is 37.3 Å². The van der Waals surface area contributed by atoms with Gasteiger partial charge in [-0.15, -0.1) is 0 Å². The SMILES string of the molecule is CC(=O)c1cccc(NC(=O)C(OC(=O)c2ccc(F)cc2N)c2ccccc2)c1. The van der Waals surface area contributed by atoms with E-state index in [-0.39, 0.29) is 17.0 Å². The zero-order valence-corrected chi connectivity index (χ0v) is 16.1. The first-order valence-electron chi connectivity index (χ1n) is 9.08. The summed E-state index contributed by atoms with van der Waals surface area (Å²) in [6.07, 6.45) is -1.29. The third kappa shape index (κ3) is 4.88. The first kappa shape index (κ1) is 20.7. The van der Waals surface area contributed by atoms with E-state index in [1.165, 1.54) is 19.1 Å². The van der Waals surface area contributed by atoms with Crippen LogP contribution in [0.15, 0.2) is 72.8 Å². The molecule has 1 unspecified atom stereocenters. The van der Waals surface area contributed by atoms with Crippen LogP contribution >= 0.6 is 0 Å². The molecule has 30 heavy (non-hydrogen) atoms. The van der Waals surface area contributed by atoms with E-state index in [2.05, 4.69) is 5.32 Å². The van der Waals surface area contributed by atoms with Crippen LogP contribution in [-0.4, -0.2) is 17.7 Å². The predicted octanol–water partition coefficient (Wildman–Crippen LogP) is 4.15. The van der Waals surface area contributed by atoms with Gasteiger partial charge in [0.2, 0.25) is 6.10 Å². The fourth-order valence-electron chi connectivity index (χ4n) is 2.81. The van der Waals surface area contributed by atoms with Crippen LogP contribution in [0, 0.1) is 5.82 Å². The van der Waals surface area contributed by atoms with Gasteiger partial charge in [0, 0.05) is 22.5 Å². The molecule has 3 aromatic carbocycles. The van der Waals surface area contributed by atoms with Crippen LogP contribution in [-0.2, 0) is 9.53 Å². The molecule has 0 saturated heterocycles. The van der Waals surface area contributed by atoms with Crippen LogP contribution in [0.4, 0.5) is 15.8 Å². The van der Waals surface area contributed by atoms with Crippen LogP contribution in [0.3, 0.4) is 0 Å². The second-order valence-electron chi connectivity index (χ2n) is 6.55. The van der Waals surface area contributed by atoms with E-state index in [0.717, 1.165) is 12.1 Å². The zero-order chi connectivity index (χ0) is 21.7. The van der Waals surface area contributed by atoms with Crippen LogP contribution in [0.25, 0.3) is 0 Å². The van der Waals surface area contributed by atoms with Crippen molar-refractivity contribution in [1.29, 1.82) is 0 Å². The smallest absolute Gasteiger partial charge is 0.341 e. The van der Waals surface area contributed by atoms with Gasteiger partial charge in [-0.25, -0.2) is 9.18 Å². The summed E-state index contributed by atoms with van der Waals surface area (Å²) in [4.78, 5) is 37.1. The Bertz CT molecular complexity index is 1100. The lowest BCUT2D eigenvalue weighted by molar-refractivity contribution is -0.125. The number of ketones is 1. The number of hydrogen-bond donors (Lipinski definition) is 2. The highest BCUT2D eigenvalue weighted by Gasteiger charge is 2.27. The number of hydrogen-bond acceptors (Lipinski definition) is 5. The third-order valence-electron chi connectivity index (χ3n) is 4.34. The van der Waals surface area contributed by atoms with E-state index in [0.29, 0.717) is 16.8 Å². The summed E-state index contributed by atoms with van der Waals surface area (Å²) >= 11 is 0. The maximum atomic E-state index is 13.3. The second-order valence-corrected chi connectivity index (χ2v) is 6.55. The van der Waals surface area contributed by atoms with Crippen molar-refractivity contribution in [3.8, 4) is 0 Å². The highest BCUT2D eigenvalue weighted by molar-refractivity contribution is 6.01. The molecule has 3 N–H and O–H groups in total. The average molecular weight is 406 g/mol. The fourth-order valence-corrected chi connectivity index (χ4v) is 2.81. The number of esters is 1. The number of amides is 1. The Morgan fingerprint density at radius 1 is 0.967 bits per heavy atom. The molecule has 0 aliphatic carbocycles. The monoisotopic (exact) mass is 406 g/mol. The van der Waals surface area contributed by atoms with Gasteiger partial charge < -0.3 is 15.8 Å². The van der Waals surface area contributed by atoms with Gasteiger partial charge in [0.15, 0.2) is 5.78 Å². The molecule has 0 saturated carbocycles. The third-order valence-corrected chi connectivity index (χ3v) is 4.34. The topological polar surface area (TPSA) is 98.5 Å². The Morgan fingerprint density at radius 3 is 2.37 bits per heavy atom. The van der Waals surface area contributed by atoms with Crippen molar-refractivity contribution >= 4 is 29.0 Å². The number of nitrogen functional groups attached to an aromatic ring is 1. The van der Waals surface area contributed by atoms with E-state index in [4.69, 9.17) is 10.5 Å². The summed E-state index contributed by atoms with van der Waals surface area (Å²) in [5.74, 6) is -2.22. The average Bonchev–Trinajstić information content (AvgIpc) is 2.72. The van der Waals surface area contributed by atoms with Gasteiger partial charge in [-0.1, -0.05) is 42.5 Å². The molecule has 0 heterocycles. The van der Waals surface area contributed by atoms with Gasteiger partial charge in [0.25, 0.3) is 5.91 Å². The number of halogens is 1. The number of rotatable bonds is 6. The Balaban J connectivity index is 1.87. The Hall–Kier alpha value is -4.00. The molecule has 7 heteroatoms. The number of Topliss-reactive ketones (excluding diaryl/α,β-unsaturated/α-hetero) is 1. The molecule has 6 nitrogen and oxygen atoms in total. The largest absolute Gasteiger partial charge is 0.444 e. The minimum atomic E-state index is -1.29.